The minimum atomic E-state index is -0.564. The number of nitrogens with zero attached hydrogens (tertiary/aromatic N) is 1. The molecule has 0 amide bonds. The predicted octanol–water partition coefficient (Wildman–Crippen LogP) is 6.40. The molecule has 0 saturated carbocycles. The van der Waals surface area contributed by atoms with Crippen molar-refractivity contribution in [3.63, 3.8) is 0 Å². The van der Waals surface area contributed by atoms with E-state index in [0.29, 0.717) is 18.5 Å². The Labute approximate surface area is 206 Å². The normalized spacial score (nSPS) is 22.9. The Morgan fingerprint density at radius 1 is 0.912 bits per heavy atom. The van der Waals surface area contributed by atoms with E-state index in [0.717, 1.165) is 31.2 Å². The Morgan fingerprint density at radius 3 is 2.12 bits per heavy atom. The number of benzene rings is 1. The molecule has 1 aromatic rings. The topological polar surface area (TPSA) is 55.8 Å². The lowest BCUT2D eigenvalue weighted by Gasteiger charge is -2.36. The number of ether oxygens (including phenoxy) is 2. The SMILES string of the molecule is CCCCCCCCCCCC(=O)OCC(C(=O)OC1C[C@H]2CC[C@@H](C1)N2C)c1ccccc1. The van der Waals surface area contributed by atoms with Gasteiger partial charge in [0.25, 0.3) is 0 Å². The van der Waals surface area contributed by atoms with E-state index in [2.05, 4.69) is 18.9 Å². The highest BCUT2D eigenvalue weighted by molar-refractivity contribution is 5.79. The third kappa shape index (κ3) is 8.41. The van der Waals surface area contributed by atoms with Crippen molar-refractivity contribution in [2.45, 2.75) is 121 Å². The van der Waals surface area contributed by atoms with Crippen LogP contribution in [0.1, 0.15) is 108 Å². The number of hydrogen-bond acceptors (Lipinski definition) is 5. The number of esters is 2. The predicted molar refractivity (Wildman–Crippen MR) is 136 cm³/mol. The van der Waals surface area contributed by atoms with E-state index in [9.17, 15) is 9.59 Å². The number of piperidine rings is 1. The van der Waals surface area contributed by atoms with Crippen LogP contribution in [-0.2, 0) is 19.1 Å². The quantitative estimate of drug-likeness (QED) is 0.219. The highest BCUT2D eigenvalue weighted by Gasteiger charge is 2.40. The fourth-order valence-corrected chi connectivity index (χ4v) is 5.52. The Bertz CT molecular complexity index is 723. The molecule has 0 aliphatic carbocycles. The van der Waals surface area contributed by atoms with Gasteiger partial charge in [-0.3, -0.25) is 9.59 Å². The second-order valence-electron chi connectivity index (χ2n) is 10.3. The number of unbranched alkanes of at least 4 members (excludes halogenated alkanes) is 8. The zero-order valence-corrected chi connectivity index (χ0v) is 21.4. The molecule has 2 fully saturated rings. The Morgan fingerprint density at radius 2 is 1.50 bits per heavy atom. The molecule has 3 rings (SSSR count). The molecule has 2 saturated heterocycles. The van der Waals surface area contributed by atoms with Crippen LogP contribution >= 0.6 is 0 Å². The van der Waals surface area contributed by atoms with Gasteiger partial charge < -0.3 is 14.4 Å². The van der Waals surface area contributed by atoms with E-state index < -0.39 is 5.92 Å². The lowest BCUT2D eigenvalue weighted by Crippen LogP contribution is -2.44. The van der Waals surface area contributed by atoms with E-state index >= 15 is 0 Å². The lowest BCUT2D eigenvalue weighted by atomic mass is 9.98. The summed E-state index contributed by atoms with van der Waals surface area (Å²) in [6, 6.07) is 10.6. The van der Waals surface area contributed by atoms with Gasteiger partial charge in [-0.15, -0.1) is 0 Å². The molecule has 5 nitrogen and oxygen atoms in total. The monoisotopic (exact) mass is 471 g/mol. The summed E-state index contributed by atoms with van der Waals surface area (Å²) >= 11 is 0. The second kappa shape index (κ2) is 14.5. The maximum absolute atomic E-state index is 13.1. The summed E-state index contributed by atoms with van der Waals surface area (Å²) in [6.45, 7) is 2.29. The maximum atomic E-state index is 13.1. The van der Waals surface area contributed by atoms with Gasteiger partial charge in [-0.2, -0.15) is 0 Å². The fraction of sp³-hybridized carbons (Fsp3) is 0.724. The first-order valence-corrected chi connectivity index (χ1v) is 13.7. The molecule has 2 aliphatic heterocycles. The van der Waals surface area contributed by atoms with Crippen LogP contribution in [0.2, 0.25) is 0 Å². The zero-order valence-electron chi connectivity index (χ0n) is 21.4. The van der Waals surface area contributed by atoms with Gasteiger partial charge >= 0.3 is 11.9 Å². The molecule has 0 spiro atoms. The molecule has 1 aromatic carbocycles. The Balaban J connectivity index is 1.40. The molecule has 2 heterocycles. The van der Waals surface area contributed by atoms with Crippen molar-refractivity contribution in [2.24, 2.45) is 0 Å². The molecule has 190 valence electrons. The summed E-state index contributed by atoms with van der Waals surface area (Å²) in [6.07, 6.45) is 15.5. The van der Waals surface area contributed by atoms with Gasteiger partial charge in [0, 0.05) is 18.5 Å². The van der Waals surface area contributed by atoms with Crippen molar-refractivity contribution in [1.29, 1.82) is 0 Å². The van der Waals surface area contributed by atoms with Crippen LogP contribution in [0.3, 0.4) is 0 Å². The average molecular weight is 472 g/mol. The van der Waals surface area contributed by atoms with Crippen molar-refractivity contribution in [2.75, 3.05) is 13.7 Å². The third-order valence-corrected chi connectivity index (χ3v) is 7.72. The zero-order chi connectivity index (χ0) is 24.2. The molecule has 5 heteroatoms. The largest absolute Gasteiger partial charge is 0.464 e. The highest BCUT2D eigenvalue weighted by atomic mass is 16.6. The van der Waals surface area contributed by atoms with Gasteiger partial charge in [0.05, 0.1) is 0 Å². The summed E-state index contributed by atoms with van der Waals surface area (Å²) in [4.78, 5) is 27.9. The van der Waals surface area contributed by atoms with Gasteiger partial charge in [0.15, 0.2) is 0 Å². The molecule has 4 atom stereocenters. The van der Waals surface area contributed by atoms with Crippen LogP contribution in [0.25, 0.3) is 0 Å². The smallest absolute Gasteiger partial charge is 0.317 e. The molecular formula is C29H45NO4. The van der Waals surface area contributed by atoms with Crippen molar-refractivity contribution in [3.8, 4) is 0 Å². The molecule has 0 aromatic heterocycles. The average Bonchev–Trinajstić information content (AvgIpc) is 3.04. The second-order valence-corrected chi connectivity index (χ2v) is 10.3. The van der Waals surface area contributed by atoms with Crippen LogP contribution in [-0.4, -0.2) is 48.7 Å². The van der Waals surface area contributed by atoms with E-state index in [1.165, 1.54) is 57.8 Å². The molecule has 2 unspecified atom stereocenters. The van der Waals surface area contributed by atoms with Crippen LogP contribution in [0.15, 0.2) is 30.3 Å². The van der Waals surface area contributed by atoms with E-state index in [1.807, 2.05) is 30.3 Å². The number of carbonyl (C=O) groups is 2. The fourth-order valence-electron chi connectivity index (χ4n) is 5.52. The standard InChI is InChI=1S/C29H45NO4/c1-3-4-5-6-7-8-9-10-14-17-28(31)33-22-27(23-15-12-11-13-16-23)29(32)34-26-20-24-18-19-25(21-26)30(24)2/h11-13,15-16,24-27H,3-10,14,17-22H2,1-2H3/t24-,25+,26?,27?. The molecule has 0 radical (unpaired) electrons. The van der Waals surface area contributed by atoms with Crippen molar-refractivity contribution >= 4 is 11.9 Å². The Kier molecular flexibility index (Phi) is 11.4. The van der Waals surface area contributed by atoms with Crippen LogP contribution in [0.5, 0.6) is 0 Å². The number of rotatable bonds is 15. The molecule has 2 aliphatic rings. The van der Waals surface area contributed by atoms with Gasteiger partial charge in [0.2, 0.25) is 0 Å². The lowest BCUT2D eigenvalue weighted by molar-refractivity contribution is -0.158. The van der Waals surface area contributed by atoms with Crippen molar-refractivity contribution < 1.29 is 19.1 Å². The van der Waals surface area contributed by atoms with Gasteiger partial charge in [-0.25, -0.2) is 0 Å². The molecular weight excluding hydrogens is 426 g/mol. The molecule has 0 N–H and O–H groups in total. The number of fused-ring (bicyclic) bond motifs is 2. The summed E-state index contributed by atoms with van der Waals surface area (Å²) in [7, 11) is 2.18. The van der Waals surface area contributed by atoms with Crippen molar-refractivity contribution in [3.05, 3.63) is 35.9 Å². The van der Waals surface area contributed by atoms with Crippen LogP contribution in [0, 0.1) is 0 Å². The molecule has 34 heavy (non-hydrogen) atoms. The Hall–Kier alpha value is -1.88. The highest BCUT2D eigenvalue weighted by Crippen LogP contribution is 2.36. The number of carbonyl (C=O) groups excluding carboxylic acids is 2. The van der Waals surface area contributed by atoms with Crippen LogP contribution in [0.4, 0.5) is 0 Å². The summed E-state index contributed by atoms with van der Waals surface area (Å²) in [5.74, 6) is -1.05. The first-order chi connectivity index (χ1) is 16.6. The van der Waals surface area contributed by atoms with E-state index in [-0.39, 0.29) is 24.6 Å². The first kappa shape index (κ1) is 26.7. The summed E-state index contributed by atoms with van der Waals surface area (Å²) in [5, 5.41) is 0. The summed E-state index contributed by atoms with van der Waals surface area (Å²) < 4.78 is 11.5. The van der Waals surface area contributed by atoms with E-state index in [4.69, 9.17) is 9.47 Å². The van der Waals surface area contributed by atoms with Gasteiger partial charge in [-0.1, -0.05) is 88.6 Å². The molecule has 2 bridgehead atoms. The maximum Gasteiger partial charge on any atom is 0.317 e. The van der Waals surface area contributed by atoms with E-state index in [1.54, 1.807) is 0 Å². The first-order valence-electron chi connectivity index (χ1n) is 13.7. The minimum Gasteiger partial charge on any atom is -0.464 e. The minimum absolute atomic E-state index is 0.0370. The third-order valence-electron chi connectivity index (χ3n) is 7.72. The van der Waals surface area contributed by atoms with Gasteiger partial charge in [0.1, 0.15) is 18.6 Å². The van der Waals surface area contributed by atoms with Crippen molar-refractivity contribution in [1.82, 2.24) is 4.90 Å². The van der Waals surface area contributed by atoms with Crippen LogP contribution < -0.4 is 0 Å². The number of hydrogen-bond donors (Lipinski definition) is 0. The van der Waals surface area contributed by atoms with Gasteiger partial charge in [-0.05, 0) is 44.7 Å². The summed E-state index contributed by atoms with van der Waals surface area (Å²) in [5.41, 5.74) is 0.847.